The number of carbonyl (C=O) groups excluding carboxylic acids is 1. The number of nitriles is 1. The molecule has 0 unspecified atom stereocenters. The third-order valence-electron chi connectivity index (χ3n) is 4.58. The average molecular weight is 407 g/mol. The van der Waals surface area contributed by atoms with Crippen molar-refractivity contribution >= 4 is 11.6 Å². The maximum absolute atomic E-state index is 12.7. The first-order valence-corrected chi connectivity index (χ1v) is 9.54. The van der Waals surface area contributed by atoms with Crippen LogP contribution in [-0.4, -0.2) is 20.7 Å². The van der Waals surface area contributed by atoms with Crippen LogP contribution in [0.25, 0.3) is 22.5 Å². The number of aromatic nitrogens is 3. The minimum absolute atomic E-state index is 0.332. The fourth-order valence-corrected chi connectivity index (χ4v) is 3.12. The largest absolute Gasteiger partial charge is 0.365 e. The molecule has 0 aliphatic carbocycles. The molecule has 4 aromatic rings. The molecular weight excluding hydrogens is 390 g/mol. The molecule has 31 heavy (non-hydrogen) atoms. The molecule has 4 rings (SSSR count). The Morgan fingerprint density at radius 3 is 2.10 bits per heavy atom. The first kappa shape index (κ1) is 19.7. The van der Waals surface area contributed by atoms with Crippen LogP contribution in [-0.2, 0) is 11.3 Å². The molecule has 1 amide bonds. The van der Waals surface area contributed by atoms with Crippen molar-refractivity contribution in [2.75, 3.05) is 5.32 Å². The van der Waals surface area contributed by atoms with Crippen molar-refractivity contribution in [1.29, 1.82) is 5.26 Å². The highest BCUT2D eigenvalue weighted by molar-refractivity contribution is 5.92. The van der Waals surface area contributed by atoms with Gasteiger partial charge in [-0.15, -0.1) is 0 Å². The van der Waals surface area contributed by atoms with Crippen molar-refractivity contribution in [2.45, 2.75) is 6.54 Å². The second-order valence-electron chi connectivity index (χ2n) is 6.69. The van der Waals surface area contributed by atoms with E-state index in [0.29, 0.717) is 22.6 Å². The van der Waals surface area contributed by atoms with Crippen LogP contribution in [0.4, 0.5) is 5.69 Å². The molecule has 0 radical (unpaired) electrons. The summed E-state index contributed by atoms with van der Waals surface area (Å²) in [6, 6.07) is 27.3. The Morgan fingerprint density at radius 1 is 0.871 bits per heavy atom. The van der Waals surface area contributed by atoms with Gasteiger partial charge in [0.2, 0.25) is 5.91 Å². The maximum Gasteiger partial charge on any atom is 0.365 e. The lowest BCUT2D eigenvalue weighted by molar-refractivity contribution is -0.117. The van der Waals surface area contributed by atoms with Gasteiger partial charge in [-0.25, -0.2) is 9.48 Å². The monoisotopic (exact) mass is 407 g/mol. The smallest absolute Gasteiger partial charge is 0.323 e. The number of hydrogen-bond donors (Lipinski definition) is 1. The zero-order valence-electron chi connectivity index (χ0n) is 16.4. The van der Waals surface area contributed by atoms with E-state index in [9.17, 15) is 14.9 Å². The standard InChI is InChI=1S/C24H17N5O2/c25-15-19-13-7-8-14-20(19)26-21(30)16-29-24(31)27-22(17-9-3-1-4-10-17)23(28-29)18-11-5-2-6-12-18/h1-14H,16H2,(H,26,30). The fourth-order valence-electron chi connectivity index (χ4n) is 3.12. The molecule has 7 nitrogen and oxygen atoms in total. The summed E-state index contributed by atoms with van der Waals surface area (Å²) in [6.45, 7) is -0.333. The van der Waals surface area contributed by atoms with E-state index in [-0.39, 0.29) is 6.54 Å². The van der Waals surface area contributed by atoms with E-state index in [2.05, 4.69) is 15.4 Å². The summed E-state index contributed by atoms with van der Waals surface area (Å²) in [5.74, 6) is -0.481. The van der Waals surface area contributed by atoms with Crippen molar-refractivity contribution < 1.29 is 4.79 Å². The van der Waals surface area contributed by atoms with Gasteiger partial charge in [0.15, 0.2) is 0 Å². The SMILES string of the molecule is N#Cc1ccccc1NC(=O)Cn1nc(-c2ccccc2)c(-c2ccccc2)nc1=O. The van der Waals surface area contributed by atoms with Crippen LogP contribution in [0.5, 0.6) is 0 Å². The van der Waals surface area contributed by atoms with E-state index in [0.717, 1.165) is 15.8 Å². The van der Waals surface area contributed by atoms with Crippen LogP contribution in [0.1, 0.15) is 5.56 Å². The lowest BCUT2D eigenvalue weighted by atomic mass is 10.0. The number of nitrogens with zero attached hydrogens (tertiary/aromatic N) is 4. The number of para-hydroxylation sites is 1. The highest BCUT2D eigenvalue weighted by atomic mass is 16.2. The molecule has 0 aliphatic heterocycles. The van der Waals surface area contributed by atoms with E-state index in [1.54, 1.807) is 24.3 Å². The summed E-state index contributed by atoms with van der Waals surface area (Å²) in [6.07, 6.45) is 0. The Bertz CT molecular complexity index is 1330. The molecule has 0 saturated carbocycles. The molecular formula is C24H17N5O2. The molecule has 7 heteroatoms. The number of benzene rings is 3. The lowest BCUT2D eigenvalue weighted by Gasteiger charge is -2.12. The average Bonchev–Trinajstić information content (AvgIpc) is 2.81. The topological polar surface area (TPSA) is 101 Å². The molecule has 1 heterocycles. The van der Waals surface area contributed by atoms with Crippen LogP contribution >= 0.6 is 0 Å². The molecule has 0 spiro atoms. The van der Waals surface area contributed by atoms with E-state index in [1.807, 2.05) is 66.7 Å². The van der Waals surface area contributed by atoms with Gasteiger partial charge in [0.1, 0.15) is 24.0 Å². The van der Waals surface area contributed by atoms with Gasteiger partial charge in [0, 0.05) is 11.1 Å². The molecule has 0 fully saturated rings. The fraction of sp³-hybridized carbons (Fsp3) is 0.0417. The van der Waals surface area contributed by atoms with Gasteiger partial charge in [0.25, 0.3) is 0 Å². The summed E-state index contributed by atoms with van der Waals surface area (Å²) >= 11 is 0. The third-order valence-corrected chi connectivity index (χ3v) is 4.58. The second kappa shape index (κ2) is 8.84. The van der Waals surface area contributed by atoms with E-state index >= 15 is 0 Å². The van der Waals surface area contributed by atoms with Crippen molar-refractivity contribution in [3.8, 4) is 28.6 Å². The second-order valence-corrected chi connectivity index (χ2v) is 6.69. The summed E-state index contributed by atoms with van der Waals surface area (Å²) in [4.78, 5) is 29.4. The Morgan fingerprint density at radius 2 is 1.45 bits per heavy atom. The molecule has 1 aromatic heterocycles. The van der Waals surface area contributed by atoms with Gasteiger partial charge < -0.3 is 5.32 Å². The quantitative estimate of drug-likeness (QED) is 0.546. The Balaban J connectivity index is 1.71. The number of amides is 1. The van der Waals surface area contributed by atoms with E-state index in [1.165, 1.54) is 0 Å². The van der Waals surface area contributed by atoms with Crippen molar-refractivity contribution in [1.82, 2.24) is 14.8 Å². The first-order chi connectivity index (χ1) is 15.2. The lowest BCUT2D eigenvalue weighted by Crippen LogP contribution is -2.32. The van der Waals surface area contributed by atoms with Gasteiger partial charge in [-0.1, -0.05) is 72.8 Å². The molecule has 150 valence electrons. The molecule has 0 bridgehead atoms. The van der Waals surface area contributed by atoms with Crippen LogP contribution < -0.4 is 11.0 Å². The predicted octanol–water partition coefficient (Wildman–Crippen LogP) is 3.48. The summed E-state index contributed by atoms with van der Waals surface area (Å²) < 4.78 is 1.03. The van der Waals surface area contributed by atoms with Gasteiger partial charge in [-0.2, -0.15) is 15.3 Å². The van der Waals surface area contributed by atoms with Crippen LogP contribution in [0.2, 0.25) is 0 Å². The van der Waals surface area contributed by atoms with Gasteiger partial charge in [0.05, 0.1) is 11.3 Å². The third kappa shape index (κ3) is 4.38. The Hall–Kier alpha value is -4.57. The van der Waals surface area contributed by atoms with Crippen molar-refractivity contribution in [3.63, 3.8) is 0 Å². The number of rotatable bonds is 5. The van der Waals surface area contributed by atoms with E-state index < -0.39 is 11.6 Å². The minimum atomic E-state index is -0.637. The summed E-state index contributed by atoms with van der Waals surface area (Å²) in [5, 5.41) is 16.3. The molecule has 1 N–H and O–H groups in total. The van der Waals surface area contributed by atoms with Crippen molar-refractivity contribution in [2.24, 2.45) is 0 Å². The van der Waals surface area contributed by atoms with Crippen molar-refractivity contribution in [3.05, 3.63) is 101 Å². The number of nitrogens with one attached hydrogen (secondary N) is 1. The minimum Gasteiger partial charge on any atom is -0.323 e. The predicted molar refractivity (Wildman–Crippen MR) is 117 cm³/mol. The molecule has 3 aromatic carbocycles. The van der Waals surface area contributed by atoms with Crippen LogP contribution in [0.15, 0.2) is 89.7 Å². The van der Waals surface area contributed by atoms with Crippen LogP contribution in [0.3, 0.4) is 0 Å². The highest BCUT2D eigenvalue weighted by Gasteiger charge is 2.16. The van der Waals surface area contributed by atoms with Gasteiger partial charge >= 0.3 is 5.69 Å². The zero-order chi connectivity index (χ0) is 21.6. The maximum atomic E-state index is 12.7. The van der Waals surface area contributed by atoms with Gasteiger partial charge in [-0.05, 0) is 12.1 Å². The molecule has 0 aliphatic rings. The van der Waals surface area contributed by atoms with Gasteiger partial charge in [-0.3, -0.25) is 4.79 Å². The number of hydrogen-bond acceptors (Lipinski definition) is 5. The molecule has 0 atom stereocenters. The zero-order valence-corrected chi connectivity index (χ0v) is 16.4. The Labute approximate surface area is 178 Å². The molecule has 0 saturated heterocycles. The first-order valence-electron chi connectivity index (χ1n) is 9.54. The van der Waals surface area contributed by atoms with E-state index in [4.69, 9.17) is 0 Å². The normalized spacial score (nSPS) is 10.3. The Kier molecular flexibility index (Phi) is 5.63. The van der Waals surface area contributed by atoms with Crippen LogP contribution in [0, 0.1) is 11.3 Å². The summed E-state index contributed by atoms with van der Waals surface area (Å²) in [7, 11) is 0. The number of carbonyl (C=O) groups is 1. The summed E-state index contributed by atoms with van der Waals surface area (Å²) in [5.41, 5.74) is 2.55. The highest BCUT2D eigenvalue weighted by Crippen LogP contribution is 2.27. The number of anilines is 1.